The topological polar surface area (TPSA) is 39.1 Å². The zero-order valence-corrected chi connectivity index (χ0v) is 12.9. The first kappa shape index (κ1) is 14.5. The second-order valence-electron chi connectivity index (χ2n) is 5.93. The molecule has 0 aliphatic carbocycles. The van der Waals surface area contributed by atoms with E-state index in [9.17, 15) is 0 Å². The number of rotatable bonds is 3. The van der Waals surface area contributed by atoms with Gasteiger partial charge in [-0.25, -0.2) is 0 Å². The van der Waals surface area contributed by atoms with Crippen LogP contribution in [0.2, 0.25) is 0 Å². The molecule has 1 aliphatic heterocycles. The minimum absolute atomic E-state index is 0.538. The fraction of sp³-hybridized carbons (Fsp3) is 0.316. The van der Waals surface area contributed by atoms with Crippen LogP contribution in [0.1, 0.15) is 24.0 Å². The number of nitrogens with zero attached hydrogens (tertiary/aromatic N) is 2. The first-order valence-corrected chi connectivity index (χ1v) is 7.83. The van der Waals surface area contributed by atoms with E-state index in [0.29, 0.717) is 6.04 Å². The molecule has 2 aromatic carbocycles. The summed E-state index contributed by atoms with van der Waals surface area (Å²) in [7, 11) is 0. The largest absolute Gasteiger partial charge is 0.382 e. The number of anilines is 2. The lowest BCUT2D eigenvalue weighted by Gasteiger charge is -2.34. The Bertz CT molecular complexity index is 662. The van der Waals surface area contributed by atoms with Crippen LogP contribution in [0.4, 0.5) is 11.4 Å². The highest BCUT2D eigenvalue weighted by atomic mass is 15.1. The lowest BCUT2D eigenvalue weighted by molar-refractivity contribution is 0.527. The van der Waals surface area contributed by atoms with Gasteiger partial charge in [0.1, 0.15) is 0 Å². The quantitative estimate of drug-likeness (QED) is 0.930. The summed E-state index contributed by atoms with van der Waals surface area (Å²) in [5, 5.41) is 12.5. The maximum Gasteiger partial charge on any atom is 0.0991 e. The van der Waals surface area contributed by atoms with Crippen LogP contribution in [-0.2, 0) is 0 Å². The van der Waals surface area contributed by atoms with E-state index in [1.807, 2.05) is 24.3 Å². The predicted molar refractivity (Wildman–Crippen MR) is 91.2 cm³/mol. The maximum absolute atomic E-state index is 8.86. The number of aryl methyl sites for hydroxylation is 1. The Hall–Kier alpha value is -2.47. The summed E-state index contributed by atoms with van der Waals surface area (Å²) in [5.74, 6) is 0. The van der Waals surface area contributed by atoms with Gasteiger partial charge in [0.15, 0.2) is 0 Å². The minimum atomic E-state index is 0.538. The van der Waals surface area contributed by atoms with Crippen LogP contribution in [0, 0.1) is 18.3 Å². The van der Waals surface area contributed by atoms with Gasteiger partial charge in [0.05, 0.1) is 11.6 Å². The van der Waals surface area contributed by atoms with E-state index in [-0.39, 0.29) is 0 Å². The number of hydrogen-bond donors (Lipinski definition) is 1. The van der Waals surface area contributed by atoms with Gasteiger partial charge in [-0.1, -0.05) is 12.1 Å². The first-order chi connectivity index (χ1) is 10.7. The molecule has 0 bridgehead atoms. The summed E-state index contributed by atoms with van der Waals surface area (Å²) in [4.78, 5) is 2.40. The average molecular weight is 291 g/mol. The van der Waals surface area contributed by atoms with Crippen LogP contribution < -0.4 is 10.2 Å². The Morgan fingerprint density at radius 2 is 1.82 bits per heavy atom. The summed E-state index contributed by atoms with van der Waals surface area (Å²) in [6.07, 6.45) is 2.27. The van der Waals surface area contributed by atoms with Crippen LogP contribution in [-0.4, -0.2) is 19.1 Å². The molecule has 3 nitrogen and oxygen atoms in total. The highest BCUT2D eigenvalue weighted by molar-refractivity contribution is 5.51. The second-order valence-corrected chi connectivity index (χ2v) is 5.93. The molecular formula is C19H21N3. The highest BCUT2D eigenvalue weighted by Gasteiger charge is 2.19. The van der Waals surface area contributed by atoms with E-state index in [0.717, 1.165) is 31.5 Å². The molecule has 1 saturated heterocycles. The third-order valence-corrected chi connectivity index (χ3v) is 4.25. The third-order valence-electron chi connectivity index (χ3n) is 4.25. The normalized spacial score (nSPS) is 15.4. The summed E-state index contributed by atoms with van der Waals surface area (Å²) in [6, 6.07) is 19.2. The number of nitrogens with one attached hydrogen (secondary N) is 1. The number of piperidine rings is 1. The maximum atomic E-state index is 8.86. The Morgan fingerprint density at radius 3 is 2.45 bits per heavy atom. The molecule has 112 valence electrons. The monoisotopic (exact) mass is 291 g/mol. The van der Waals surface area contributed by atoms with Crippen molar-refractivity contribution in [1.82, 2.24) is 0 Å². The van der Waals surface area contributed by atoms with Gasteiger partial charge in [-0.2, -0.15) is 5.26 Å². The predicted octanol–water partition coefficient (Wildman–Crippen LogP) is 3.95. The summed E-state index contributed by atoms with van der Waals surface area (Å²) >= 11 is 0. The molecule has 2 aromatic rings. The van der Waals surface area contributed by atoms with Crippen molar-refractivity contribution in [3.05, 3.63) is 59.7 Å². The molecule has 1 N–H and O–H groups in total. The standard InChI is InChI=1S/C19H21N3/c1-15-3-2-4-18(13-15)21-17-9-11-22(12-10-17)19-7-5-16(14-20)6-8-19/h2-8,13,17,21H,9-12H2,1H3. The fourth-order valence-corrected chi connectivity index (χ4v) is 3.00. The van der Waals surface area contributed by atoms with Crippen molar-refractivity contribution >= 4 is 11.4 Å². The Kier molecular flexibility index (Phi) is 4.29. The average Bonchev–Trinajstić information content (AvgIpc) is 2.56. The van der Waals surface area contributed by atoms with Gasteiger partial charge in [0, 0.05) is 30.5 Å². The van der Waals surface area contributed by atoms with Gasteiger partial charge < -0.3 is 10.2 Å². The number of benzene rings is 2. The van der Waals surface area contributed by atoms with Crippen molar-refractivity contribution < 1.29 is 0 Å². The second kappa shape index (κ2) is 6.53. The van der Waals surface area contributed by atoms with Gasteiger partial charge >= 0.3 is 0 Å². The summed E-state index contributed by atoms with van der Waals surface area (Å²) < 4.78 is 0. The molecule has 0 saturated carbocycles. The molecule has 1 heterocycles. The zero-order valence-electron chi connectivity index (χ0n) is 12.9. The number of nitriles is 1. The molecule has 1 aliphatic rings. The van der Waals surface area contributed by atoms with Crippen LogP contribution in [0.25, 0.3) is 0 Å². The van der Waals surface area contributed by atoms with Crippen molar-refractivity contribution in [2.75, 3.05) is 23.3 Å². The van der Waals surface area contributed by atoms with Gasteiger partial charge in [0.25, 0.3) is 0 Å². The van der Waals surface area contributed by atoms with Crippen molar-refractivity contribution in [2.24, 2.45) is 0 Å². The van der Waals surface area contributed by atoms with Crippen LogP contribution in [0.15, 0.2) is 48.5 Å². The van der Waals surface area contributed by atoms with E-state index in [1.165, 1.54) is 16.9 Å². The van der Waals surface area contributed by atoms with E-state index in [1.54, 1.807) is 0 Å². The van der Waals surface area contributed by atoms with Crippen LogP contribution >= 0.6 is 0 Å². The molecule has 22 heavy (non-hydrogen) atoms. The van der Waals surface area contributed by atoms with Gasteiger partial charge in [0.2, 0.25) is 0 Å². The van der Waals surface area contributed by atoms with E-state index in [4.69, 9.17) is 5.26 Å². The van der Waals surface area contributed by atoms with Gasteiger partial charge in [-0.3, -0.25) is 0 Å². The summed E-state index contributed by atoms with van der Waals surface area (Å²) in [6.45, 7) is 4.23. The molecule has 3 heteroatoms. The third kappa shape index (κ3) is 3.40. The Labute approximate surface area is 132 Å². The van der Waals surface area contributed by atoms with Crippen LogP contribution in [0.3, 0.4) is 0 Å². The lowest BCUT2D eigenvalue weighted by atomic mass is 10.0. The molecular weight excluding hydrogens is 270 g/mol. The van der Waals surface area contributed by atoms with E-state index < -0.39 is 0 Å². The first-order valence-electron chi connectivity index (χ1n) is 7.83. The Morgan fingerprint density at radius 1 is 1.09 bits per heavy atom. The van der Waals surface area contributed by atoms with Crippen molar-refractivity contribution in [2.45, 2.75) is 25.8 Å². The van der Waals surface area contributed by atoms with Gasteiger partial charge in [-0.15, -0.1) is 0 Å². The molecule has 0 amide bonds. The van der Waals surface area contributed by atoms with Crippen molar-refractivity contribution in [1.29, 1.82) is 5.26 Å². The summed E-state index contributed by atoms with van der Waals surface area (Å²) in [5.41, 5.74) is 4.45. The van der Waals surface area contributed by atoms with Gasteiger partial charge in [-0.05, 0) is 61.7 Å². The smallest absolute Gasteiger partial charge is 0.0991 e. The van der Waals surface area contributed by atoms with Crippen molar-refractivity contribution in [3.8, 4) is 6.07 Å². The van der Waals surface area contributed by atoms with E-state index >= 15 is 0 Å². The zero-order chi connectivity index (χ0) is 15.4. The molecule has 3 rings (SSSR count). The molecule has 1 fully saturated rings. The fourth-order valence-electron chi connectivity index (χ4n) is 3.00. The molecule has 0 atom stereocenters. The lowest BCUT2D eigenvalue weighted by Crippen LogP contribution is -2.39. The van der Waals surface area contributed by atoms with Crippen LogP contribution in [0.5, 0.6) is 0 Å². The molecule has 0 aromatic heterocycles. The molecule has 0 unspecified atom stereocenters. The molecule has 0 spiro atoms. The number of hydrogen-bond acceptors (Lipinski definition) is 3. The minimum Gasteiger partial charge on any atom is -0.382 e. The SMILES string of the molecule is Cc1cccc(NC2CCN(c3ccc(C#N)cc3)CC2)c1. The molecule has 0 radical (unpaired) electrons. The highest BCUT2D eigenvalue weighted by Crippen LogP contribution is 2.22. The van der Waals surface area contributed by atoms with Crippen molar-refractivity contribution in [3.63, 3.8) is 0 Å². The Balaban J connectivity index is 1.57. The van der Waals surface area contributed by atoms with E-state index in [2.05, 4.69) is 47.5 Å².